The largest absolute Gasteiger partial charge is 0.444 e. The van der Waals surface area contributed by atoms with Gasteiger partial charge >= 0.3 is 6.09 Å². The molecule has 2 aliphatic heterocycles. The lowest BCUT2D eigenvalue weighted by Gasteiger charge is -2.47. The molecule has 1 unspecified atom stereocenters. The second kappa shape index (κ2) is 5.90. The number of amides is 1. The molecule has 2 rings (SSSR count). The standard InChI is InChI=1S/C15H27NO4/c1-14(2,3)20-13(18)16-7-4-15(10-12(16)11-17)5-8-19-9-6-15/h12,17H,4-11H2,1-3H3. The van der Waals surface area contributed by atoms with Crippen LogP contribution in [0.4, 0.5) is 4.79 Å². The maximum absolute atomic E-state index is 12.2. The summed E-state index contributed by atoms with van der Waals surface area (Å²) in [6.07, 6.45) is 3.59. The molecule has 0 aliphatic carbocycles. The van der Waals surface area contributed by atoms with Gasteiger partial charge in [0.2, 0.25) is 0 Å². The number of hydrogen-bond acceptors (Lipinski definition) is 4. The molecule has 1 atom stereocenters. The third-order valence-corrected chi connectivity index (χ3v) is 4.38. The molecule has 20 heavy (non-hydrogen) atoms. The number of carbonyl (C=O) groups is 1. The molecule has 2 aliphatic rings. The Bertz CT molecular complexity index is 344. The van der Waals surface area contributed by atoms with Crippen LogP contribution in [0, 0.1) is 5.41 Å². The first-order chi connectivity index (χ1) is 9.35. The monoisotopic (exact) mass is 285 g/mol. The molecule has 1 N–H and O–H groups in total. The zero-order chi connectivity index (χ0) is 14.8. The molecule has 5 nitrogen and oxygen atoms in total. The predicted molar refractivity (Wildman–Crippen MR) is 75.5 cm³/mol. The Hall–Kier alpha value is -0.810. The number of aliphatic hydroxyl groups excluding tert-OH is 1. The Morgan fingerprint density at radius 2 is 2.00 bits per heavy atom. The Labute approximate surface area is 121 Å². The van der Waals surface area contributed by atoms with Crippen molar-refractivity contribution in [1.29, 1.82) is 0 Å². The molecule has 116 valence electrons. The number of carbonyl (C=O) groups excluding carboxylic acids is 1. The average molecular weight is 285 g/mol. The summed E-state index contributed by atoms with van der Waals surface area (Å²) in [5.74, 6) is 0. The molecular formula is C15H27NO4. The third-order valence-electron chi connectivity index (χ3n) is 4.38. The lowest BCUT2D eigenvalue weighted by atomic mass is 9.70. The Morgan fingerprint density at radius 3 is 2.55 bits per heavy atom. The number of ether oxygens (including phenoxy) is 2. The fourth-order valence-electron chi connectivity index (χ4n) is 3.23. The van der Waals surface area contributed by atoms with Gasteiger partial charge in [0.05, 0.1) is 12.6 Å². The number of aliphatic hydroxyl groups is 1. The second-order valence-corrected chi connectivity index (χ2v) is 7.08. The second-order valence-electron chi connectivity index (χ2n) is 7.08. The lowest BCUT2D eigenvalue weighted by Crippen LogP contribution is -2.53. The van der Waals surface area contributed by atoms with Crippen LogP contribution in [-0.4, -0.2) is 54.1 Å². The van der Waals surface area contributed by atoms with E-state index in [9.17, 15) is 9.90 Å². The topological polar surface area (TPSA) is 59.0 Å². The van der Waals surface area contributed by atoms with Crippen molar-refractivity contribution in [3.8, 4) is 0 Å². The highest BCUT2D eigenvalue weighted by Gasteiger charge is 2.42. The van der Waals surface area contributed by atoms with Crippen LogP contribution in [0.25, 0.3) is 0 Å². The Balaban J connectivity index is 2.01. The van der Waals surface area contributed by atoms with E-state index in [1.165, 1.54) is 0 Å². The van der Waals surface area contributed by atoms with Gasteiger partial charge < -0.3 is 19.5 Å². The number of rotatable bonds is 1. The van der Waals surface area contributed by atoms with Gasteiger partial charge in [-0.25, -0.2) is 4.79 Å². The normalized spacial score (nSPS) is 26.6. The van der Waals surface area contributed by atoms with Crippen LogP contribution in [0.5, 0.6) is 0 Å². The molecular weight excluding hydrogens is 258 g/mol. The van der Waals surface area contributed by atoms with E-state index < -0.39 is 5.60 Å². The van der Waals surface area contributed by atoms with Crippen molar-refractivity contribution in [3.05, 3.63) is 0 Å². The first kappa shape index (κ1) is 15.6. The molecule has 0 bridgehead atoms. The summed E-state index contributed by atoms with van der Waals surface area (Å²) in [5.41, 5.74) is -0.255. The van der Waals surface area contributed by atoms with E-state index in [4.69, 9.17) is 9.47 Å². The number of nitrogens with zero attached hydrogens (tertiary/aromatic N) is 1. The van der Waals surface area contributed by atoms with Gasteiger partial charge in [-0.15, -0.1) is 0 Å². The number of hydrogen-bond donors (Lipinski definition) is 1. The van der Waals surface area contributed by atoms with Crippen LogP contribution < -0.4 is 0 Å². The minimum atomic E-state index is -0.495. The fraction of sp³-hybridized carbons (Fsp3) is 0.933. The highest BCUT2D eigenvalue weighted by atomic mass is 16.6. The summed E-state index contributed by atoms with van der Waals surface area (Å²) in [7, 11) is 0. The van der Waals surface area contributed by atoms with Crippen molar-refractivity contribution in [2.45, 2.75) is 58.1 Å². The van der Waals surface area contributed by atoms with Gasteiger partial charge in [0.15, 0.2) is 0 Å². The van der Waals surface area contributed by atoms with Gasteiger partial charge in [0.25, 0.3) is 0 Å². The third kappa shape index (κ3) is 3.64. The van der Waals surface area contributed by atoms with Crippen molar-refractivity contribution >= 4 is 6.09 Å². The quantitative estimate of drug-likeness (QED) is 0.802. The van der Waals surface area contributed by atoms with Crippen LogP contribution in [0.1, 0.15) is 46.5 Å². The van der Waals surface area contributed by atoms with Gasteiger partial charge in [0, 0.05) is 19.8 Å². The maximum Gasteiger partial charge on any atom is 0.410 e. The smallest absolute Gasteiger partial charge is 0.410 e. The van der Waals surface area contributed by atoms with Gasteiger partial charge in [-0.1, -0.05) is 0 Å². The molecule has 0 aromatic rings. The van der Waals surface area contributed by atoms with Crippen LogP contribution in [0.15, 0.2) is 0 Å². The molecule has 2 heterocycles. The summed E-state index contributed by atoms with van der Waals surface area (Å²) in [6, 6.07) is -0.128. The van der Waals surface area contributed by atoms with Gasteiger partial charge in [-0.2, -0.15) is 0 Å². The Kier molecular flexibility index (Phi) is 4.59. The van der Waals surface area contributed by atoms with E-state index in [1.54, 1.807) is 4.90 Å². The van der Waals surface area contributed by atoms with Crippen molar-refractivity contribution < 1.29 is 19.4 Å². The maximum atomic E-state index is 12.2. The molecule has 5 heteroatoms. The summed E-state index contributed by atoms with van der Waals surface area (Å²) in [6.45, 7) is 7.85. The summed E-state index contributed by atoms with van der Waals surface area (Å²) in [5, 5.41) is 9.64. The van der Waals surface area contributed by atoms with Crippen molar-refractivity contribution in [1.82, 2.24) is 4.90 Å². The molecule has 1 amide bonds. The highest BCUT2D eigenvalue weighted by Crippen LogP contribution is 2.43. The van der Waals surface area contributed by atoms with Gasteiger partial charge in [0.1, 0.15) is 5.60 Å². The van der Waals surface area contributed by atoms with Gasteiger partial charge in [-0.3, -0.25) is 0 Å². The van der Waals surface area contributed by atoms with Crippen molar-refractivity contribution in [2.24, 2.45) is 5.41 Å². The SMILES string of the molecule is CC(C)(C)OC(=O)N1CCC2(CCOCC2)CC1CO. The lowest BCUT2D eigenvalue weighted by molar-refractivity contribution is -0.0561. The zero-order valence-corrected chi connectivity index (χ0v) is 12.9. The van der Waals surface area contributed by atoms with E-state index >= 15 is 0 Å². The molecule has 1 spiro atoms. The highest BCUT2D eigenvalue weighted by molar-refractivity contribution is 5.68. The van der Waals surface area contributed by atoms with E-state index in [1.807, 2.05) is 20.8 Å². The summed E-state index contributed by atoms with van der Waals surface area (Å²) >= 11 is 0. The summed E-state index contributed by atoms with van der Waals surface area (Å²) in [4.78, 5) is 13.9. The first-order valence-electron chi connectivity index (χ1n) is 7.53. The van der Waals surface area contributed by atoms with E-state index in [0.29, 0.717) is 6.54 Å². The van der Waals surface area contributed by atoms with Gasteiger partial charge in [-0.05, 0) is 51.9 Å². The molecule has 0 aromatic carbocycles. The van der Waals surface area contributed by atoms with Crippen LogP contribution in [0.2, 0.25) is 0 Å². The Morgan fingerprint density at radius 1 is 1.35 bits per heavy atom. The summed E-state index contributed by atoms with van der Waals surface area (Å²) < 4.78 is 10.9. The van der Waals surface area contributed by atoms with Crippen LogP contribution in [0.3, 0.4) is 0 Å². The zero-order valence-electron chi connectivity index (χ0n) is 12.9. The van der Waals surface area contributed by atoms with E-state index in [2.05, 4.69) is 0 Å². The fourth-order valence-corrected chi connectivity index (χ4v) is 3.23. The molecule has 0 saturated carbocycles. The minimum absolute atomic E-state index is 0.00184. The van der Waals surface area contributed by atoms with Crippen molar-refractivity contribution in [2.75, 3.05) is 26.4 Å². The van der Waals surface area contributed by atoms with Crippen LogP contribution in [-0.2, 0) is 9.47 Å². The molecule has 2 fully saturated rings. The number of likely N-dealkylation sites (tertiary alicyclic amines) is 1. The minimum Gasteiger partial charge on any atom is -0.444 e. The average Bonchev–Trinajstić information content (AvgIpc) is 2.37. The first-order valence-corrected chi connectivity index (χ1v) is 7.53. The van der Waals surface area contributed by atoms with E-state index in [-0.39, 0.29) is 24.2 Å². The predicted octanol–water partition coefficient (Wildman–Crippen LogP) is 2.18. The van der Waals surface area contributed by atoms with Crippen LogP contribution >= 0.6 is 0 Å². The molecule has 0 aromatic heterocycles. The molecule has 0 radical (unpaired) electrons. The number of piperidine rings is 1. The van der Waals surface area contributed by atoms with Crippen molar-refractivity contribution in [3.63, 3.8) is 0 Å². The van der Waals surface area contributed by atoms with E-state index in [0.717, 1.165) is 38.9 Å². The molecule has 2 saturated heterocycles.